The van der Waals surface area contributed by atoms with Gasteiger partial charge in [-0.1, -0.05) is 29.8 Å². The molecular formula is C17H19N. The van der Waals surface area contributed by atoms with Gasteiger partial charge in [0.25, 0.3) is 0 Å². The zero-order valence-electron chi connectivity index (χ0n) is 11.3. The van der Waals surface area contributed by atoms with Crippen LogP contribution in [0.3, 0.4) is 0 Å². The number of nitrogens with zero attached hydrogens (tertiary/aromatic N) is 1. The zero-order valence-corrected chi connectivity index (χ0v) is 11.3. The van der Waals surface area contributed by atoms with Crippen molar-refractivity contribution in [1.82, 2.24) is 0 Å². The normalized spacial score (nSPS) is 13.8. The van der Waals surface area contributed by atoms with Gasteiger partial charge < -0.3 is 4.90 Å². The number of benzene rings is 2. The minimum absolute atomic E-state index is 1.04. The first-order valence-corrected chi connectivity index (χ1v) is 6.55. The van der Waals surface area contributed by atoms with Crippen LogP contribution >= 0.6 is 0 Å². The van der Waals surface area contributed by atoms with E-state index in [-0.39, 0.29) is 0 Å². The first kappa shape index (κ1) is 11.3. The molecule has 1 aliphatic heterocycles. The largest absolute Gasteiger partial charge is 0.363 e. The van der Waals surface area contributed by atoms with Crippen molar-refractivity contribution in [1.29, 1.82) is 0 Å². The second-order valence-electron chi connectivity index (χ2n) is 5.34. The summed E-state index contributed by atoms with van der Waals surface area (Å²) in [4.78, 5) is 2.45. The number of anilines is 1. The lowest BCUT2D eigenvalue weighted by molar-refractivity contribution is 0.878. The SMILES string of the molecule is Cc1ccc(N2Cc3ccc(C)c(C)c3C2)cc1. The topological polar surface area (TPSA) is 3.24 Å². The number of aryl methyl sites for hydroxylation is 2. The molecule has 0 unspecified atom stereocenters. The molecule has 0 aromatic heterocycles. The number of hydrogen-bond donors (Lipinski definition) is 0. The summed E-state index contributed by atoms with van der Waals surface area (Å²) < 4.78 is 0. The molecule has 0 fully saturated rings. The van der Waals surface area contributed by atoms with Gasteiger partial charge >= 0.3 is 0 Å². The summed E-state index contributed by atoms with van der Waals surface area (Å²) in [6.45, 7) is 8.67. The standard InChI is InChI=1S/C17H19N/c1-12-4-8-16(9-5-12)18-10-15-7-6-13(2)14(3)17(15)11-18/h4-9H,10-11H2,1-3H3. The smallest absolute Gasteiger partial charge is 0.0439 e. The van der Waals surface area contributed by atoms with E-state index in [1.807, 2.05) is 0 Å². The lowest BCUT2D eigenvalue weighted by Crippen LogP contribution is -2.14. The molecule has 0 amide bonds. The summed E-state index contributed by atoms with van der Waals surface area (Å²) in [6.07, 6.45) is 0. The molecule has 0 N–H and O–H groups in total. The van der Waals surface area contributed by atoms with Crippen LogP contribution in [0.5, 0.6) is 0 Å². The van der Waals surface area contributed by atoms with Crippen LogP contribution in [0.4, 0.5) is 5.69 Å². The predicted molar refractivity (Wildman–Crippen MR) is 77.0 cm³/mol. The highest BCUT2D eigenvalue weighted by Crippen LogP contribution is 2.31. The van der Waals surface area contributed by atoms with E-state index in [4.69, 9.17) is 0 Å². The van der Waals surface area contributed by atoms with Crippen molar-refractivity contribution in [3.8, 4) is 0 Å². The first-order valence-electron chi connectivity index (χ1n) is 6.55. The van der Waals surface area contributed by atoms with Gasteiger partial charge in [0.2, 0.25) is 0 Å². The molecule has 1 heterocycles. The van der Waals surface area contributed by atoms with Crippen LogP contribution in [-0.4, -0.2) is 0 Å². The Kier molecular flexibility index (Phi) is 2.62. The van der Waals surface area contributed by atoms with E-state index >= 15 is 0 Å². The van der Waals surface area contributed by atoms with Crippen LogP contribution in [0.2, 0.25) is 0 Å². The first-order chi connectivity index (χ1) is 8.65. The van der Waals surface area contributed by atoms with E-state index in [0.29, 0.717) is 0 Å². The maximum absolute atomic E-state index is 2.45. The lowest BCUT2D eigenvalue weighted by atomic mass is 10.0. The molecule has 1 heteroatoms. The number of rotatable bonds is 1. The van der Waals surface area contributed by atoms with Crippen molar-refractivity contribution in [3.05, 3.63) is 64.2 Å². The molecule has 18 heavy (non-hydrogen) atoms. The third-order valence-electron chi connectivity index (χ3n) is 4.08. The lowest BCUT2D eigenvalue weighted by Gasteiger charge is -2.17. The van der Waals surface area contributed by atoms with Crippen molar-refractivity contribution >= 4 is 5.69 Å². The Labute approximate surface area is 109 Å². The van der Waals surface area contributed by atoms with Crippen molar-refractivity contribution in [2.45, 2.75) is 33.9 Å². The molecule has 0 saturated carbocycles. The van der Waals surface area contributed by atoms with Crippen molar-refractivity contribution < 1.29 is 0 Å². The quantitative estimate of drug-likeness (QED) is 0.720. The Bertz CT molecular complexity index is 581. The third kappa shape index (κ3) is 1.80. The van der Waals surface area contributed by atoms with Crippen molar-refractivity contribution in [2.75, 3.05) is 4.90 Å². The highest BCUT2D eigenvalue weighted by atomic mass is 15.1. The summed E-state index contributed by atoms with van der Waals surface area (Å²) in [6, 6.07) is 13.4. The summed E-state index contributed by atoms with van der Waals surface area (Å²) in [7, 11) is 0. The van der Waals surface area contributed by atoms with Crippen molar-refractivity contribution in [3.63, 3.8) is 0 Å². The monoisotopic (exact) mass is 237 g/mol. The van der Waals surface area contributed by atoms with Crippen LogP contribution < -0.4 is 4.90 Å². The van der Waals surface area contributed by atoms with Gasteiger partial charge in [-0.3, -0.25) is 0 Å². The maximum atomic E-state index is 2.45. The van der Waals surface area contributed by atoms with Crippen LogP contribution in [0.15, 0.2) is 36.4 Å². The number of hydrogen-bond acceptors (Lipinski definition) is 1. The molecular weight excluding hydrogens is 218 g/mol. The molecule has 1 nitrogen and oxygen atoms in total. The van der Waals surface area contributed by atoms with Gasteiger partial charge in [0, 0.05) is 18.8 Å². The van der Waals surface area contributed by atoms with Crippen LogP contribution in [-0.2, 0) is 13.1 Å². The van der Waals surface area contributed by atoms with Gasteiger partial charge in [0.1, 0.15) is 0 Å². The minimum atomic E-state index is 1.04. The molecule has 2 aromatic rings. The molecule has 0 radical (unpaired) electrons. The van der Waals surface area contributed by atoms with Gasteiger partial charge in [-0.15, -0.1) is 0 Å². The fourth-order valence-electron chi connectivity index (χ4n) is 2.69. The molecule has 0 aliphatic carbocycles. The molecule has 0 spiro atoms. The average Bonchev–Trinajstić information content (AvgIpc) is 2.80. The molecule has 1 aliphatic rings. The van der Waals surface area contributed by atoms with Gasteiger partial charge in [-0.2, -0.15) is 0 Å². The molecule has 3 rings (SSSR count). The second kappa shape index (κ2) is 4.16. The van der Waals surface area contributed by atoms with E-state index in [1.165, 1.54) is 33.5 Å². The second-order valence-corrected chi connectivity index (χ2v) is 5.34. The van der Waals surface area contributed by atoms with E-state index < -0.39 is 0 Å². The molecule has 2 aromatic carbocycles. The molecule has 0 atom stereocenters. The van der Waals surface area contributed by atoms with Crippen LogP contribution in [0.1, 0.15) is 27.8 Å². The number of fused-ring (bicyclic) bond motifs is 1. The van der Waals surface area contributed by atoms with E-state index in [9.17, 15) is 0 Å². The highest BCUT2D eigenvalue weighted by molar-refractivity contribution is 5.54. The fourth-order valence-corrected chi connectivity index (χ4v) is 2.69. The highest BCUT2D eigenvalue weighted by Gasteiger charge is 2.21. The van der Waals surface area contributed by atoms with Gasteiger partial charge in [-0.25, -0.2) is 0 Å². The zero-order chi connectivity index (χ0) is 12.7. The summed E-state index contributed by atoms with van der Waals surface area (Å²) in [5.74, 6) is 0. The van der Waals surface area contributed by atoms with Crippen LogP contribution in [0.25, 0.3) is 0 Å². The Morgan fingerprint density at radius 3 is 2.28 bits per heavy atom. The van der Waals surface area contributed by atoms with Gasteiger partial charge in [0.05, 0.1) is 0 Å². The van der Waals surface area contributed by atoms with E-state index in [1.54, 1.807) is 0 Å². The predicted octanol–water partition coefficient (Wildman–Crippen LogP) is 4.13. The van der Waals surface area contributed by atoms with E-state index in [2.05, 4.69) is 62.1 Å². The fraction of sp³-hybridized carbons (Fsp3) is 0.294. The van der Waals surface area contributed by atoms with E-state index in [0.717, 1.165) is 13.1 Å². The summed E-state index contributed by atoms with van der Waals surface area (Å²) in [5, 5.41) is 0. The molecule has 0 bridgehead atoms. The minimum Gasteiger partial charge on any atom is -0.363 e. The maximum Gasteiger partial charge on any atom is 0.0439 e. The Hall–Kier alpha value is -1.76. The summed E-state index contributed by atoms with van der Waals surface area (Å²) in [5.41, 5.74) is 8.52. The van der Waals surface area contributed by atoms with Crippen molar-refractivity contribution in [2.24, 2.45) is 0 Å². The summed E-state index contributed by atoms with van der Waals surface area (Å²) >= 11 is 0. The Morgan fingerprint density at radius 1 is 0.833 bits per heavy atom. The molecule has 0 saturated heterocycles. The Morgan fingerprint density at radius 2 is 1.56 bits per heavy atom. The Balaban J connectivity index is 1.93. The average molecular weight is 237 g/mol. The van der Waals surface area contributed by atoms with Gasteiger partial charge in [-0.05, 0) is 55.2 Å². The molecule has 92 valence electrons. The van der Waals surface area contributed by atoms with Gasteiger partial charge in [0.15, 0.2) is 0 Å². The van der Waals surface area contributed by atoms with Crippen LogP contribution in [0, 0.1) is 20.8 Å². The third-order valence-corrected chi connectivity index (χ3v) is 4.08.